The van der Waals surface area contributed by atoms with Crippen molar-refractivity contribution in [3.05, 3.63) is 30.0 Å². The van der Waals surface area contributed by atoms with Gasteiger partial charge in [-0.05, 0) is 30.7 Å². The highest BCUT2D eigenvalue weighted by molar-refractivity contribution is 5.90. The van der Waals surface area contributed by atoms with Crippen molar-refractivity contribution in [2.24, 2.45) is 0 Å². The summed E-state index contributed by atoms with van der Waals surface area (Å²) in [6, 6.07) is 6.13. The molecule has 3 nitrogen and oxygen atoms in total. The van der Waals surface area contributed by atoms with Gasteiger partial charge in [-0.1, -0.05) is 0 Å². The van der Waals surface area contributed by atoms with E-state index in [9.17, 15) is 0 Å². The quantitative estimate of drug-likeness (QED) is 0.771. The van der Waals surface area contributed by atoms with Crippen molar-refractivity contribution in [3.63, 3.8) is 0 Å². The molecule has 1 heterocycles. The number of nitrogens with zero attached hydrogens (tertiary/aromatic N) is 2. The normalized spacial score (nSPS) is 10.5. The summed E-state index contributed by atoms with van der Waals surface area (Å²) >= 11 is 0. The molecule has 84 valence electrons. The first kappa shape index (κ1) is 10.7. The molecular formula is C13H16N2O. The Morgan fingerprint density at radius 3 is 2.62 bits per heavy atom. The maximum atomic E-state index is 5.36. The lowest BCUT2D eigenvalue weighted by Gasteiger charge is -2.15. The topological polar surface area (TPSA) is 25.4 Å². The van der Waals surface area contributed by atoms with Gasteiger partial charge in [0.25, 0.3) is 0 Å². The van der Waals surface area contributed by atoms with E-state index in [1.165, 1.54) is 5.56 Å². The molecule has 0 aliphatic carbocycles. The molecule has 0 fully saturated rings. The zero-order chi connectivity index (χ0) is 11.7. The number of aryl methyl sites for hydroxylation is 1. The summed E-state index contributed by atoms with van der Waals surface area (Å²) in [4.78, 5) is 6.47. The number of methoxy groups -OCH3 is 1. The minimum Gasteiger partial charge on any atom is -0.496 e. The molecule has 1 aromatic carbocycles. The van der Waals surface area contributed by atoms with Crippen LogP contribution in [0.5, 0.6) is 5.75 Å². The van der Waals surface area contributed by atoms with E-state index in [4.69, 9.17) is 4.74 Å². The molecule has 0 N–H and O–H groups in total. The predicted molar refractivity (Wildman–Crippen MR) is 67.4 cm³/mol. The fourth-order valence-corrected chi connectivity index (χ4v) is 1.83. The molecule has 0 aliphatic heterocycles. The molecule has 3 heteroatoms. The summed E-state index contributed by atoms with van der Waals surface area (Å²) in [6.07, 6.45) is 1.78. The van der Waals surface area contributed by atoms with Crippen LogP contribution in [0.25, 0.3) is 10.9 Å². The molecule has 2 rings (SSSR count). The van der Waals surface area contributed by atoms with Crippen LogP contribution in [0.3, 0.4) is 0 Å². The summed E-state index contributed by atoms with van der Waals surface area (Å²) < 4.78 is 5.36. The van der Waals surface area contributed by atoms with E-state index in [2.05, 4.69) is 28.9 Å². The first-order chi connectivity index (χ1) is 7.63. The zero-order valence-corrected chi connectivity index (χ0v) is 10.1. The van der Waals surface area contributed by atoms with Gasteiger partial charge in [-0.3, -0.25) is 4.98 Å². The fraction of sp³-hybridized carbons (Fsp3) is 0.308. The van der Waals surface area contributed by atoms with E-state index in [0.717, 1.165) is 22.3 Å². The average molecular weight is 216 g/mol. The van der Waals surface area contributed by atoms with Crippen LogP contribution in [0.1, 0.15) is 5.56 Å². The van der Waals surface area contributed by atoms with Crippen LogP contribution in [0.15, 0.2) is 24.4 Å². The molecule has 0 radical (unpaired) electrons. The number of fused-ring (bicyclic) bond motifs is 1. The molecule has 2 aromatic rings. The second-order valence-electron chi connectivity index (χ2n) is 4.07. The van der Waals surface area contributed by atoms with Crippen molar-refractivity contribution in [2.45, 2.75) is 6.92 Å². The highest BCUT2D eigenvalue weighted by Crippen LogP contribution is 2.29. The van der Waals surface area contributed by atoms with Gasteiger partial charge in [0.1, 0.15) is 5.75 Å². The van der Waals surface area contributed by atoms with Crippen LogP contribution in [0.4, 0.5) is 5.69 Å². The van der Waals surface area contributed by atoms with Crippen LogP contribution in [-0.4, -0.2) is 26.2 Å². The first-order valence-electron chi connectivity index (χ1n) is 5.24. The van der Waals surface area contributed by atoms with Gasteiger partial charge in [0.2, 0.25) is 0 Å². The fourth-order valence-electron chi connectivity index (χ4n) is 1.83. The second kappa shape index (κ2) is 4.00. The van der Waals surface area contributed by atoms with Gasteiger partial charge in [0, 0.05) is 31.4 Å². The molecule has 0 saturated heterocycles. The van der Waals surface area contributed by atoms with Crippen LogP contribution in [0, 0.1) is 6.92 Å². The summed E-state index contributed by atoms with van der Waals surface area (Å²) in [6.45, 7) is 2.07. The summed E-state index contributed by atoms with van der Waals surface area (Å²) in [5, 5.41) is 1.06. The maximum Gasteiger partial charge on any atom is 0.129 e. The van der Waals surface area contributed by atoms with E-state index in [0.29, 0.717) is 0 Å². The third-order valence-electron chi connectivity index (χ3n) is 2.72. The third kappa shape index (κ3) is 1.69. The molecule has 0 saturated carbocycles. The Balaban J connectivity index is 2.77. The molecule has 16 heavy (non-hydrogen) atoms. The predicted octanol–water partition coefficient (Wildman–Crippen LogP) is 2.62. The van der Waals surface area contributed by atoms with Crippen molar-refractivity contribution < 1.29 is 4.74 Å². The molecule has 0 unspecified atom stereocenters. The van der Waals surface area contributed by atoms with Gasteiger partial charge in [0.15, 0.2) is 0 Å². The minimum absolute atomic E-state index is 0.872. The van der Waals surface area contributed by atoms with E-state index < -0.39 is 0 Å². The Morgan fingerprint density at radius 2 is 2.00 bits per heavy atom. The van der Waals surface area contributed by atoms with Gasteiger partial charge in [-0.25, -0.2) is 0 Å². The lowest BCUT2D eigenvalue weighted by molar-refractivity contribution is 0.419. The molecule has 0 aliphatic rings. The molecule has 0 amide bonds. The van der Waals surface area contributed by atoms with Gasteiger partial charge >= 0.3 is 0 Å². The number of pyridine rings is 1. The Hall–Kier alpha value is -1.77. The van der Waals surface area contributed by atoms with Crippen molar-refractivity contribution in [3.8, 4) is 5.75 Å². The van der Waals surface area contributed by atoms with Gasteiger partial charge in [0.05, 0.1) is 12.6 Å². The van der Waals surface area contributed by atoms with E-state index >= 15 is 0 Å². The van der Waals surface area contributed by atoms with E-state index in [-0.39, 0.29) is 0 Å². The average Bonchev–Trinajstić information content (AvgIpc) is 2.28. The third-order valence-corrected chi connectivity index (χ3v) is 2.72. The van der Waals surface area contributed by atoms with Crippen LogP contribution < -0.4 is 9.64 Å². The first-order valence-corrected chi connectivity index (χ1v) is 5.24. The Morgan fingerprint density at radius 1 is 1.25 bits per heavy atom. The number of benzene rings is 1. The number of anilines is 1. The number of rotatable bonds is 2. The van der Waals surface area contributed by atoms with E-state index in [1.54, 1.807) is 13.3 Å². The van der Waals surface area contributed by atoms with Crippen LogP contribution in [0.2, 0.25) is 0 Å². The molecule has 0 bridgehead atoms. The zero-order valence-electron chi connectivity index (χ0n) is 10.1. The molecule has 0 spiro atoms. The summed E-state index contributed by atoms with van der Waals surface area (Å²) in [5.74, 6) is 0.872. The van der Waals surface area contributed by atoms with Crippen molar-refractivity contribution in [1.29, 1.82) is 0 Å². The van der Waals surface area contributed by atoms with Crippen molar-refractivity contribution in [1.82, 2.24) is 4.98 Å². The van der Waals surface area contributed by atoms with Crippen LogP contribution >= 0.6 is 0 Å². The van der Waals surface area contributed by atoms with Crippen LogP contribution in [-0.2, 0) is 0 Å². The highest BCUT2D eigenvalue weighted by atomic mass is 16.5. The Labute approximate surface area is 95.7 Å². The SMILES string of the molecule is COc1ccnc2c(C)cc(N(C)C)cc12. The van der Waals surface area contributed by atoms with Gasteiger partial charge in [-0.2, -0.15) is 0 Å². The minimum atomic E-state index is 0.872. The van der Waals surface area contributed by atoms with Crippen molar-refractivity contribution >= 4 is 16.6 Å². The van der Waals surface area contributed by atoms with Gasteiger partial charge < -0.3 is 9.64 Å². The Kier molecular flexibility index (Phi) is 2.69. The summed E-state index contributed by atoms with van der Waals surface area (Å²) in [7, 11) is 5.75. The largest absolute Gasteiger partial charge is 0.496 e. The van der Waals surface area contributed by atoms with E-state index in [1.807, 2.05) is 20.2 Å². The number of hydrogen-bond acceptors (Lipinski definition) is 3. The maximum absolute atomic E-state index is 5.36. The smallest absolute Gasteiger partial charge is 0.129 e. The lowest BCUT2D eigenvalue weighted by Crippen LogP contribution is -2.08. The number of aromatic nitrogens is 1. The monoisotopic (exact) mass is 216 g/mol. The Bertz CT molecular complexity index is 521. The highest BCUT2D eigenvalue weighted by Gasteiger charge is 2.07. The second-order valence-corrected chi connectivity index (χ2v) is 4.07. The van der Waals surface area contributed by atoms with Crippen molar-refractivity contribution in [2.75, 3.05) is 26.1 Å². The molecule has 1 aromatic heterocycles. The standard InChI is InChI=1S/C13H16N2O/c1-9-7-10(15(2)3)8-11-12(16-4)5-6-14-13(9)11/h5-8H,1-4H3. The summed E-state index contributed by atoms with van der Waals surface area (Å²) in [5.41, 5.74) is 3.33. The number of ether oxygens (including phenoxy) is 1. The lowest BCUT2D eigenvalue weighted by atomic mass is 10.1. The molecular weight excluding hydrogens is 200 g/mol. The number of hydrogen-bond donors (Lipinski definition) is 0. The van der Waals surface area contributed by atoms with Gasteiger partial charge in [-0.15, -0.1) is 0 Å². The molecule has 0 atom stereocenters.